The van der Waals surface area contributed by atoms with E-state index in [9.17, 15) is 14.4 Å². The van der Waals surface area contributed by atoms with Gasteiger partial charge in [-0.2, -0.15) is 0 Å². The van der Waals surface area contributed by atoms with Gasteiger partial charge in [-0.1, -0.05) is 47.7 Å². The van der Waals surface area contributed by atoms with Gasteiger partial charge in [-0.05, 0) is 109 Å². The fraction of sp³-hybridized carbons (Fsp3) is 0.317. The predicted octanol–water partition coefficient (Wildman–Crippen LogP) is 7.19. The Balaban J connectivity index is 1.36. The molecular formula is C41H42N4O5S2. The first kappa shape index (κ1) is 35.4. The molecular weight excluding hydrogens is 693 g/mol. The van der Waals surface area contributed by atoms with Crippen molar-refractivity contribution >= 4 is 46.3 Å². The number of rotatable bonds is 9. The first-order valence-corrected chi connectivity index (χ1v) is 19.4. The van der Waals surface area contributed by atoms with Gasteiger partial charge in [0, 0.05) is 27.5 Å². The van der Waals surface area contributed by atoms with Crippen LogP contribution in [0.25, 0.3) is 11.1 Å². The number of thiazole rings is 1. The van der Waals surface area contributed by atoms with E-state index in [1.165, 1.54) is 16.2 Å². The predicted molar refractivity (Wildman–Crippen MR) is 207 cm³/mol. The maximum Gasteiger partial charge on any atom is 0.338 e. The van der Waals surface area contributed by atoms with Crippen molar-refractivity contribution in [3.05, 3.63) is 130 Å². The average Bonchev–Trinajstić information content (AvgIpc) is 3.73. The van der Waals surface area contributed by atoms with E-state index in [0.717, 1.165) is 64.4 Å². The van der Waals surface area contributed by atoms with Gasteiger partial charge in [0.1, 0.15) is 16.8 Å². The smallest absolute Gasteiger partial charge is 0.338 e. The molecule has 0 radical (unpaired) electrons. The van der Waals surface area contributed by atoms with Crippen LogP contribution in [0.15, 0.2) is 81.7 Å². The van der Waals surface area contributed by atoms with Crippen molar-refractivity contribution in [1.29, 1.82) is 0 Å². The van der Waals surface area contributed by atoms with E-state index in [0.29, 0.717) is 31.9 Å². The van der Waals surface area contributed by atoms with Gasteiger partial charge in [0.25, 0.3) is 11.5 Å². The van der Waals surface area contributed by atoms with Gasteiger partial charge in [-0.3, -0.25) is 14.2 Å². The zero-order valence-corrected chi connectivity index (χ0v) is 31.9. The van der Waals surface area contributed by atoms with Crippen molar-refractivity contribution in [2.75, 3.05) is 11.9 Å². The summed E-state index contributed by atoms with van der Waals surface area (Å²) >= 11 is 2.97. The Morgan fingerprint density at radius 2 is 1.75 bits per heavy atom. The normalized spacial score (nSPS) is 15.7. The number of allylic oxidation sites excluding steroid dienone is 1. The van der Waals surface area contributed by atoms with Crippen molar-refractivity contribution < 1.29 is 19.1 Å². The molecule has 2 aromatic carbocycles. The molecule has 4 heterocycles. The molecule has 9 nitrogen and oxygen atoms in total. The van der Waals surface area contributed by atoms with Crippen LogP contribution in [0.5, 0.6) is 5.75 Å². The second-order valence-corrected chi connectivity index (χ2v) is 15.5. The van der Waals surface area contributed by atoms with Crippen molar-refractivity contribution in [3.8, 4) is 10.8 Å². The Kier molecular flexibility index (Phi) is 9.91. The largest absolute Gasteiger partial charge is 0.491 e. The van der Waals surface area contributed by atoms with Crippen molar-refractivity contribution in [3.63, 3.8) is 0 Å². The quantitative estimate of drug-likeness (QED) is 0.162. The molecule has 0 bridgehead atoms. The number of ether oxygens (including phenoxy) is 2. The molecule has 0 saturated carbocycles. The number of amides is 1. The van der Waals surface area contributed by atoms with Crippen LogP contribution >= 0.6 is 22.7 Å². The molecule has 5 aromatic rings. The number of anilines is 1. The van der Waals surface area contributed by atoms with Crippen LogP contribution in [0.4, 0.5) is 5.69 Å². The number of thiophene rings is 1. The summed E-state index contributed by atoms with van der Waals surface area (Å²) in [6.07, 6.45) is 5.76. The van der Waals surface area contributed by atoms with Gasteiger partial charge in [0.05, 0.1) is 34.1 Å². The molecule has 7 rings (SSSR count). The summed E-state index contributed by atoms with van der Waals surface area (Å²) in [5.74, 6) is -0.0444. The van der Waals surface area contributed by atoms with Crippen LogP contribution in [-0.4, -0.2) is 33.7 Å². The number of nitrogens with one attached hydrogen (secondary N) is 1. The molecule has 0 fully saturated rings. The number of nitrogens with zero attached hydrogens (tertiary/aromatic N) is 3. The molecule has 1 N–H and O–H groups in total. The summed E-state index contributed by atoms with van der Waals surface area (Å²) in [5, 5.41) is 4.02. The Morgan fingerprint density at radius 3 is 2.50 bits per heavy atom. The number of carbonyl (C=O) groups excluding carboxylic acids is 2. The number of hydrogen-bond acceptors (Lipinski definition) is 8. The van der Waals surface area contributed by atoms with Crippen molar-refractivity contribution in [1.82, 2.24) is 9.13 Å². The van der Waals surface area contributed by atoms with Crippen molar-refractivity contribution in [2.45, 2.75) is 79.4 Å². The van der Waals surface area contributed by atoms with E-state index in [-0.39, 0.29) is 24.2 Å². The number of hydrogen-bond donors (Lipinski definition) is 1. The topological polar surface area (TPSA) is 104 Å². The Labute approximate surface area is 310 Å². The number of aryl methyl sites for hydroxylation is 2. The van der Waals surface area contributed by atoms with Crippen LogP contribution in [0.1, 0.15) is 89.9 Å². The maximum absolute atomic E-state index is 14.5. The van der Waals surface area contributed by atoms with E-state index < -0.39 is 12.0 Å². The van der Waals surface area contributed by atoms with E-state index in [4.69, 9.17) is 14.5 Å². The first-order chi connectivity index (χ1) is 25.1. The SMILES string of the molecule is CCOC(=O)C1=C(C)N=c2s/c(=C/c3cc(C)n(-c4sc5c(c4C(=O)Nc4ccccc4)CCCC5)c3C)c(=O)n2[C@@H]1c1ccccc1OC(C)C. The third-order valence-electron chi connectivity index (χ3n) is 9.46. The van der Waals surface area contributed by atoms with E-state index in [1.807, 2.05) is 88.4 Å². The zero-order chi connectivity index (χ0) is 36.7. The molecule has 3 aromatic heterocycles. The standard InChI is InChI=1S/C41H42N4O5S2/c1-7-49-40(48)34-25(5)42-41-45(36(34)29-17-11-13-19-31(29)50-23(2)3)38(47)33(52-41)22-27-21-24(4)44(26(27)6)39-35(30-18-12-14-20-32(30)51-39)37(46)43-28-15-9-8-10-16-28/h8-11,13,15-17,19,21-23,36H,7,12,14,18,20H2,1-6H3,(H,43,46)/b33-22+/t36-/m1/s1. The monoisotopic (exact) mass is 734 g/mol. The lowest BCUT2D eigenvalue weighted by atomic mass is 9.95. The minimum Gasteiger partial charge on any atom is -0.491 e. The molecule has 268 valence electrons. The molecule has 1 aliphatic heterocycles. The number of para-hydroxylation sites is 2. The Hall–Kier alpha value is -5.00. The highest BCUT2D eigenvalue weighted by Gasteiger charge is 2.35. The van der Waals surface area contributed by atoms with Crippen LogP contribution in [0.3, 0.4) is 0 Å². The average molecular weight is 735 g/mol. The van der Waals surface area contributed by atoms with E-state index >= 15 is 0 Å². The molecule has 52 heavy (non-hydrogen) atoms. The van der Waals surface area contributed by atoms with Crippen LogP contribution in [-0.2, 0) is 22.4 Å². The van der Waals surface area contributed by atoms with Crippen LogP contribution < -0.4 is 24.9 Å². The third-order valence-corrected chi connectivity index (χ3v) is 11.7. The molecule has 0 spiro atoms. The summed E-state index contributed by atoms with van der Waals surface area (Å²) in [6, 6.07) is 18.3. The fourth-order valence-electron chi connectivity index (χ4n) is 7.20. The highest BCUT2D eigenvalue weighted by atomic mass is 32.1. The molecule has 1 amide bonds. The summed E-state index contributed by atoms with van der Waals surface area (Å²) in [6.45, 7) is 11.7. The van der Waals surface area contributed by atoms with Gasteiger partial charge < -0.3 is 19.4 Å². The highest BCUT2D eigenvalue weighted by Crippen LogP contribution is 2.40. The van der Waals surface area contributed by atoms with Crippen LogP contribution in [0.2, 0.25) is 0 Å². The highest BCUT2D eigenvalue weighted by molar-refractivity contribution is 7.15. The molecule has 1 aliphatic carbocycles. The second-order valence-electron chi connectivity index (χ2n) is 13.4. The number of carbonyl (C=O) groups is 2. The lowest BCUT2D eigenvalue weighted by Crippen LogP contribution is -2.40. The van der Waals surface area contributed by atoms with Gasteiger partial charge >= 0.3 is 5.97 Å². The second kappa shape index (κ2) is 14.6. The molecule has 2 aliphatic rings. The number of esters is 1. The van der Waals surface area contributed by atoms with Crippen LogP contribution in [0, 0.1) is 13.8 Å². The molecule has 11 heteroatoms. The number of fused-ring (bicyclic) bond motifs is 2. The molecule has 1 atom stereocenters. The first-order valence-electron chi connectivity index (χ1n) is 17.7. The van der Waals surface area contributed by atoms with Crippen molar-refractivity contribution in [2.24, 2.45) is 4.99 Å². The van der Waals surface area contributed by atoms with E-state index in [1.54, 1.807) is 29.8 Å². The third kappa shape index (κ3) is 6.47. The molecule has 0 unspecified atom stereocenters. The van der Waals surface area contributed by atoms with Gasteiger partial charge in [-0.15, -0.1) is 11.3 Å². The van der Waals surface area contributed by atoms with Gasteiger partial charge in [0.15, 0.2) is 4.80 Å². The number of benzene rings is 2. The minimum absolute atomic E-state index is 0.113. The Morgan fingerprint density at radius 1 is 1.02 bits per heavy atom. The summed E-state index contributed by atoms with van der Waals surface area (Å²) in [7, 11) is 0. The van der Waals surface area contributed by atoms with E-state index in [2.05, 4.69) is 16.0 Å². The fourth-order valence-corrected chi connectivity index (χ4v) is 9.73. The lowest BCUT2D eigenvalue weighted by molar-refractivity contribution is -0.139. The maximum atomic E-state index is 14.5. The van der Waals surface area contributed by atoms with Gasteiger partial charge in [-0.25, -0.2) is 9.79 Å². The summed E-state index contributed by atoms with van der Waals surface area (Å²) in [4.78, 5) is 48.5. The molecule has 0 saturated heterocycles. The lowest BCUT2D eigenvalue weighted by Gasteiger charge is -2.26. The summed E-state index contributed by atoms with van der Waals surface area (Å²) in [5.41, 5.74) is 6.59. The summed E-state index contributed by atoms with van der Waals surface area (Å²) < 4.78 is 15.9. The zero-order valence-electron chi connectivity index (χ0n) is 30.2. The minimum atomic E-state index is -0.789. The van der Waals surface area contributed by atoms with Gasteiger partial charge in [0.2, 0.25) is 0 Å². The Bertz CT molecular complexity index is 2410. The number of aromatic nitrogens is 2.